The Hall–Kier alpha value is -1.66. The molecule has 2 fully saturated rings. The van der Waals surface area contributed by atoms with Crippen molar-refractivity contribution in [2.45, 2.75) is 91.1 Å². The molecule has 0 aliphatic carbocycles. The Morgan fingerprint density at radius 1 is 0.812 bits per heavy atom. The molecule has 2 aromatic heterocycles. The van der Waals surface area contributed by atoms with Gasteiger partial charge in [0.25, 0.3) is 0 Å². The van der Waals surface area contributed by atoms with Crippen LogP contribution in [0, 0.1) is 11.8 Å². The van der Waals surface area contributed by atoms with Crippen molar-refractivity contribution in [3.05, 3.63) is 36.2 Å². The molecule has 6 heteroatoms. The lowest BCUT2D eigenvalue weighted by Gasteiger charge is -2.39. The molecule has 2 aliphatic rings. The molecule has 0 unspecified atom stereocenters. The van der Waals surface area contributed by atoms with Crippen molar-refractivity contribution in [1.82, 2.24) is 29.3 Å². The van der Waals surface area contributed by atoms with Crippen LogP contribution in [0.3, 0.4) is 0 Å². The topological polar surface area (TPSA) is 42.1 Å². The van der Waals surface area contributed by atoms with E-state index in [1.54, 1.807) is 0 Å². The van der Waals surface area contributed by atoms with E-state index >= 15 is 0 Å². The summed E-state index contributed by atoms with van der Waals surface area (Å²) in [5.41, 5.74) is 0. The summed E-state index contributed by atoms with van der Waals surface area (Å²) in [6.45, 7) is 14.4. The molecule has 4 atom stereocenters. The lowest BCUT2D eigenvalue weighted by Crippen LogP contribution is -2.44. The lowest BCUT2D eigenvalue weighted by molar-refractivity contribution is 0.102. The van der Waals surface area contributed by atoms with Gasteiger partial charge < -0.3 is 4.90 Å². The van der Waals surface area contributed by atoms with Crippen LogP contribution in [0.2, 0.25) is 0 Å². The first-order valence-corrected chi connectivity index (χ1v) is 13.1. The molecular weight excluding hydrogens is 396 g/mol. The number of aromatic nitrogens is 4. The van der Waals surface area contributed by atoms with Gasteiger partial charge in [-0.2, -0.15) is 0 Å². The third-order valence-electron chi connectivity index (χ3n) is 7.60. The zero-order chi connectivity index (χ0) is 22.5. The van der Waals surface area contributed by atoms with Crippen LogP contribution >= 0.6 is 0 Å². The number of likely N-dealkylation sites (tertiary alicyclic amines) is 2. The van der Waals surface area contributed by atoms with E-state index in [1.165, 1.54) is 38.8 Å². The highest BCUT2D eigenvalue weighted by molar-refractivity contribution is 5.02. The molecule has 2 saturated heterocycles. The predicted octanol–water partition coefficient (Wildman–Crippen LogP) is 4.50. The summed E-state index contributed by atoms with van der Waals surface area (Å²) in [6.07, 6.45) is 13.9. The van der Waals surface area contributed by atoms with Crippen LogP contribution in [-0.4, -0.2) is 67.6 Å². The minimum atomic E-state index is 0.705. The summed E-state index contributed by atoms with van der Waals surface area (Å²) in [7, 11) is 0. The third-order valence-corrected chi connectivity index (χ3v) is 7.60. The Kier molecular flexibility index (Phi) is 8.06. The molecule has 4 heterocycles. The molecule has 178 valence electrons. The molecule has 2 aliphatic heterocycles. The van der Waals surface area contributed by atoms with Gasteiger partial charge in [-0.05, 0) is 83.0 Å². The van der Waals surface area contributed by atoms with Crippen molar-refractivity contribution in [3.63, 3.8) is 0 Å². The first-order valence-electron chi connectivity index (χ1n) is 13.1. The van der Waals surface area contributed by atoms with Crippen molar-refractivity contribution in [3.8, 4) is 0 Å². The standard InChI is InChI=1S/C26H44N6/c1-21-18-22(2)20-29(19-21)14-8-12-25-27-28-26(32(25)30-15-5-6-16-30)13-9-17-31-23(3)10-7-11-24(31)4/h5-6,15-16,21-24H,7-14,17-20H2,1-4H3/t21-,22+,23-,24-/m1/s1. The van der Waals surface area contributed by atoms with E-state index in [4.69, 9.17) is 0 Å². The molecule has 0 N–H and O–H groups in total. The zero-order valence-corrected chi connectivity index (χ0v) is 20.8. The van der Waals surface area contributed by atoms with Crippen molar-refractivity contribution < 1.29 is 0 Å². The minimum Gasteiger partial charge on any atom is -0.303 e. The van der Waals surface area contributed by atoms with Gasteiger partial charge in [-0.1, -0.05) is 20.3 Å². The van der Waals surface area contributed by atoms with E-state index in [-0.39, 0.29) is 0 Å². The highest BCUT2D eigenvalue weighted by Crippen LogP contribution is 2.23. The van der Waals surface area contributed by atoms with Crippen LogP contribution < -0.4 is 0 Å². The number of hydrogen-bond acceptors (Lipinski definition) is 4. The molecule has 0 amide bonds. The van der Waals surface area contributed by atoms with Crippen LogP contribution in [0.25, 0.3) is 0 Å². The van der Waals surface area contributed by atoms with Gasteiger partial charge in [0.1, 0.15) is 0 Å². The Balaban J connectivity index is 1.36. The van der Waals surface area contributed by atoms with Crippen LogP contribution in [-0.2, 0) is 12.8 Å². The molecule has 4 rings (SSSR count). The molecule has 2 aromatic rings. The van der Waals surface area contributed by atoms with Gasteiger partial charge in [-0.15, -0.1) is 10.2 Å². The van der Waals surface area contributed by atoms with Crippen LogP contribution in [0.1, 0.15) is 77.9 Å². The maximum Gasteiger partial charge on any atom is 0.153 e. The normalized spacial score (nSPS) is 27.8. The number of piperidine rings is 2. The van der Waals surface area contributed by atoms with E-state index in [0.717, 1.165) is 62.3 Å². The summed E-state index contributed by atoms with van der Waals surface area (Å²) in [5, 5.41) is 9.28. The molecule has 0 spiro atoms. The van der Waals surface area contributed by atoms with Crippen molar-refractivity contribution >= 4 is 0 Å². The van der Waals surface area contributed by atoms with Gasteiger partial charge in [-0.25, -0.2) is 4.68 Å². The Morgan fingerprint density at radius 2 is 1.38 bits per heavy atom. The average molecular weight is 441 g/mol. The second-order valence-electron chi connectivity index (χ2n) is 10.7. The summed E-state index contributed by atoms with van der Waals surface area (Å²) in [6, 6.07) is 5.58. The fourth-order valence-electron chi connectivity index (χ4n) is 6.16. The van der Waals surface area contributed by atoms with Crippen molar-refractivity contribution in [2.24, 2.45) is 11.8 Å². The maximum atomic E-state index is 4.64. The van der Waals surface area contributed by atoms with Crippen LogP contribution in [0.4, 0.5) is 0 Å². The molecule has 0 radical (unpaired) electrons. The van der Waals surface area contributed by atoms with Gasteiger partial charge in [0.2, 0.25) is 0 Å². The Labute approximate surface area is 195 Å². The highest BCUT2D eigenvalue weighted by atomic mass is 15.5. The third kappa shape index (κ3) is 5.82. The monoisotopic (exact) mass is 440 g/mol. The second-order valence-corrected chi connectivity index (χ2v) is 10.7. The van der Waals surface area contributed by atoms with E-state index in [9.17, 15) is 0 Å². The van der Waals surface area contributed by atoms with Crippen molar-refractivity contribution in [1.29, 1.82) is 0 Å². The lowest BCUT2D eigenvalue weighted by atomic mass is 9.92. The maximum absolute atomic E-state index is 4.64. The van der Waals surface area contributed by atoms with Gasteiger partial charge >= 0.3 is 0 Å². The molecule has 32 heavy (non-hydrogen) atoms. The number of hydrogen-bond donors (Lipinski definition) is 0. The van der Waals surface area contributed by atoms with Gasteiger partial charge in [0, 0.05) is 50.4 Å². The molecule has 0 bridgehead atoms. The van der Waals surface area contributed by atoms with Gasteiger partial charge in [0.05, 0.1) is 0 Å². The molecular formula is C26H44N6. The predicted molar refractivity (Wildman–Crippen MR) is 131 cm³/mol. The van der Waals surface area contributed by atoms with Crippen LogP contribution in [0.15, 0.2) is 24.5 Å². The summed E-state index contributed by atoms with van der Waals surface area (Å²) in [4.78, 5) is 5.35. The number of rotatable bonds is 9. The van der Waals surface area contributed by atoms with Gasteiger partial charge in [-0.3, -0.25) is 9.58 Å². The van der Waals surface area contributed by atoms with E-state index < -0.39 is 0 Å². The Bertz CT molecular complexity index is 792. The highest BCUT2D eigenvalue weighted by Gasteiger charge is 2.25. The van der Waals surface area contributed by atoms with Crippen LogP contribution in [0.5, 0.6) is 0 Å². The SMILES string of the molecule is C[C@@H]1C[C@H](C)CN(CCCc2nnc(CCCN3[C@H](C)CCC[C@H]3C)n2-n2cccc2)C1. The summed E-state index contributed by atoms with van der Waals surface area (Å²) >= 11 is 0. The first kappa shape index (κ1) is 23.5. The minimum absolute atomic E-state index is 0.705. The summed E-state index contributed by atoms with van der Waals surface area (Å²) in [5.74, 6) is 3.82. The largest absolute Gasteiger partial charge is 0.303 e. The number of nitrogens with zero attached hydrogens (tertiary/aromatic N) is 6. The van der Waals surface area contributed by atoms with Gasteiger partial charge in [0.15, 0.2) is 11.6 Å². The van der Waals surface area contributed by atoms with E-state index in [0.29, 0.717) is 12.1 Å². The number of aryl methyl sites for hydroxylation is 2. The summed E-state index contributed by atoms with van der Waals surface area (Å²) < 4.78 is 4.41. The Morgan fingerprint density at radius 3 is 1.97 bits per heavy atom. The van der Waals surface area contributed by atoms with Crippen molar-refractivity contribution in [2.75, 3.05) is 26.2 Å². The quantitative estimate of drug-likeness (QED) is 0.576. The van der Waals surface area contributed by atoms with E-state index in [1.807, 2.05) is 0 Å². The van der Waals surface area contributed by atoms with E-state index in [2.05, 4.69) is 81.6 Å². The molecule has 0 saturated carbocycles. The molecule has 6 nitrogen and oxygen atoms in total. The molecule has 0 aromatic carbocycles. The average Bonchev–Trinajstić information content (AvgIpc) is 3.39. The first-order chi connectivity index (χ1) is 15.5. The second kappa shape index (κ2) is 11.0. The fourth-order valence-corrected chi connectivity index (χ4v) is 6.16. The zero-order valence-electron chi connectivity index (χ0n) is 20.8. The smallest absolute Gasteiger partial charge is 0.153 e. The fraction of sp³-hybridized carbons (Fsp3) is 0.769.